The topological polar surface area (TPSA) is 37.4 Å². The molecule has 1 aromatic rings. The molecule has 20 heavy (non-hydrogen) atoms. The first-order chi connectivity index (χ1) is 9.65. The van der Waals surface area contributed by atoms with Gasteiger partial charge in [0, 0.05) is 24.6 Å². The van der Waals surface area contributed by atoms with Crippen LogP contribution >= 0.6 is 0 Å². The van der Waals surface area contributed by atoms with Crippen LogP contribution in [0.2, 0.25) is 0 Å². The van der Waals surface area contributed by atoms with Crippen molar-refractivity contribution in [2.24, 2.45) is 5.92 Å². The smallest absolute Gasteiger partial charge is 0.253 e. The number of likely N-dealkylation sites (tertiary alicyclic amines) is 1. The largest absolute Gasteiger partial charge is 0.339 e. The van der Waals surface area contributed by atoms with Crippen molar-refractivity contribution in [3.63, 3.8) is 0 Å². The Balaban J connectivity index is 1.69. The van der Waals surface area contributed by atoms with E-state index in [4.69, 9.17) is 0 Å². The van der Waals surface area contributed by atoms with Crippen molar-refractivity contribution in [3.05, 3.63) is 34.9 Å². The van der Waals surface area contributed by atoms with Gasteiger partial charge in [-0.1, -0.05) is 6.07 Å². The lowest BCUT2D eigenvalue weighted by Crippen LogP contribution is -2.39. The van der Waals surface area contributed by atoms with Gasteiger partial charge in [-0.15, -0.1) is 0 Å². The summed E-state index contributed by atoms with van der Waals surface area (Å²) in [5.74, 6) is 0.537. The van der Waals surface area contributed by atoms with E-state index >= 15 is 0 Å². The van der Waals surface area contributed by atoms with Gasteiger partial charge in [0.05, 0.1) is 0 Å². The Hall–Kier alpha value is -1.64. The zero-order valence-corrected chi connectivity index (χ0v) is 12.0. The van der Waals surface area contributed by atoms with Gasteiger partial charge in [-0.3, -0.25) is 9.59 Å². The minimum absolute atomic E-state index is 0.127. The first kappa shape index (κ1) is 13.3. The third kappa shape index (κ3) is 2.49. The maximum absolute atomic E-state index is 12.5. The summed E-state index contributed by atoms with van der Waals surface area (Å²) in [6.45, 7) is 3.07. The van der Waals surface area contributed by atoms with Gasteiger partial charge in [0.1, 0.15) is 5.78 Å². The second kappa shape index (κ2) is 5.39. The minimum Gasteiger partial charge on any atom is -0.339 e. The van der Waals surface area contributed by atoms with Crippen LogP contribution in [-0.2, 0) is 17.6 Å². The number of amides is 1. The predicted octanol–water partition coefficient (Wildman–Crippen LogP) is 2.62. The SMILES string of the molecule is CC(=O)C1CCN(C(=O)c2ccc3c(c2)CCC3)CC1. The lowest BCUT2D eigenvalue weighted by atomic mass is 9.93. The standard InChI is InChI=1S/C17H21NO2/c1-12(19)13-7-9-18(10-8-13)17(20)16-6-5-14-3-2-4-15(14)11-16/h5-6,11,13H,2-4,7-10H2,1H3. The highest BCUT2D eigenvalue weighted by Gasteiger charge is 2.26. The summed E-state index contributed by atoms with van der Waals surface area (Å²) in [6.07, 6.45) is 5.08. The molecule has 1 saturated heterocycles. The van der Waals surface area contributed by atoms with Gasteiger partial charge in [0.25, 0.3) is 5.91 Å². The number of piperidine rings is 1. The Morgan fingerprint density at radius 1 is 1.10 bits per heavy atom. The van der Waals surface area contributed by atoms with E-state index in [-0.39, 0.29) is 17.6 Å². The molecule has 106 valence electrons. The van der Waals surface area contributed by atoms with Gasteiger partial charge in [-0.25, -0.2) is 0 Å². The van der Waals surface area contributed by atoms with Crippen molar-refractivity contribution in [2.45, 2.75) is 39.0 Å². The molecule has 2 aliphatic rings. The molecule has 0 N–H and O–H groups in total. The number of nitrogens with zero attached hydrogens (tertiary/aromatic N) is 1. The Labute approximate surface area is 120 Å². The summed E-state index contributed by atoms with van der Waals surface area (Å²) in [5.41, 5.74) is 3.55. The fraction of sp³-hybridized carbons (Fsp3) is 0.529. The Morgan fingerprint density at radius 3 is 2.50 bits per heavy atom. The first-order valence-electron chi connectivity index (χ1n) is 7.56. The number of rotatable bonds is 2. The van der Waals surface area contributed by atoms with Crippen molar-refractivity contribution in [1.82, 2.24) is 4.90 Å². The summed E-state index contributed by atoms with van der Waals surface area (Å²) in [5, 5.41) is 0. The van der Waals surface area contributed by atoms with Crippen molar-refractivity contribution >= 4 is 11.7 Å². The van der Waals surface area contributed by atoms with Crippen LogP contribution in [0.25, 0.3) is 0 Å². The second-order valence-electron chi connectivity index (χ2n) is 6.01. The van der Waals surface area contributed by atoms with Crippen molar-refractivity contribution in [2.75, 3.05) is 13.1 Å². The van der Waals surface area contributed by atoms with Gasteiger partial charge in [0.2, 0.25) is 0 Å². The van der Waals surface area contributed by atoms with Gasteiger partial charge >= 0.3 is 0 Å². The Kier molecular flexibility index (Phi) is 3.60. The molecule has 0 atom stereocenters. The summed E-state index contributed by atoms with van der Waals surface area (Å²) >= 11 is 0. The van der Waals surface area contributed by atoms with Crippen LogP contribution in [0.15, 0.2) is 18.2 Å². The molecule has 3 rings (SSSR count). The molecule has 3 nitrogen and oxygen atoms in total. The molecule has 0 unspecified atom stereocenters. The van der Waals surface area contributed by atoms with Gasteiger partial charge in [0.15, 0.2) is 0 Å². The van der Waals surface area contributed by atoms with Crippen molar-refractivity contribution in [1.29, 1.82) is 0 Å². The first-order valence-corrected chi connectivity index (χ1v) is 7.56. The normalized spacial score (nSPS) is 18.9. The molecule has 3 heteroatoms. The van der Waals surface area contributed by atoms with Crippen LogP contribution in [0.3, 0.4) is 0 Å². The summed E-state index contributed by atoms with van der Waals surface area (Å²) in [6, 6.07) is 6.14. The van der Waals surface area contributed by atoms with E-state index < -0.39 is 0 Å². The number of fused-ring (bicyclic) bond motifs is 1. The van der Waals surface area contributed by atoms with E-state index in [2.05, 4.69) is 12.1 Å². The predicted molar refractivity (Wildman–Crippen MR) is 77.8 cm³/mol. The van der Waals surface area contributed by atoms with Crippen LogP contribution in [0.5, 0.6) is 0 Å². The fourth-order valence-corrected chi connectivity index (χ4v) is 3.38. The van der Waals surface area contributed by atoms with E-state index in [0.29, 0.717) is 13.1 Å². The van der Waals surface area contributed by atoms with Crippen LogP contribution in [-0.4, -0.2) is 29.7 Å². The third-order valence-electron chi connectivity index (χ3n) is 4.70. The molecule has 0 spiro atoms. The average Bonchev–Trinajstić information content (AvgIpc) is 2.94. The third-order valence-corrected chi connectivity index (χ3v) is 4.70. The molecule has 0 saturated carbocycles. The van der Waals surface area contributed by atoms with E-state index in [9.17, 15) is 9.59 Å². The minimum atomic E-state index is 0.127. The van der Waals surface area contributed by atoms with E-state index in [1.54, 1.807) is 6.92 Å². The summed E-state index contributed by atoms with van der Waals surface area (Å²) in [4.78, 5) is 25.8. The van der Waals surface area contributed by atoms with Crippen LogP contribution < -0.4 is 0 Å². The Morgan fingerprint density at radius 2 is 1.80 bits per heavy atom. The molecule has 0 radical (unpaired) electrons. The molecule has 0 aromatic heterocycles. The zero-order chi connectivity index (χ0) is 14.1. The lowest BCUT2D eigenvalue weighted by Gasteiger charge is -2.31. The molecule has 1 aliphatic carbocycles. The quantitative estimate of drug-likeness (QED) is 0.829. The number of hydrogen-bond donors (Lipinski definition) is 0. The molecular formula is C17H21NO2. The zero-order valence-electron chi connectivity index (χ0n) is 12.0. The summed E-state index contributed by atoms with van der Waals surface area (Å²) < 4.78 is 0. The molecular weight excluding hydrogens is 250 g/mol. The lowest BCUT2D eigenvalue weighted by molar-refractivity contribution is -0.121. The molecule has 1 heterocycles. The highest BCUT2D eigenvalue weighted by Crippen LogP contribution is 2.25. The maximum atomic E-state index is 12.5. The van der Waals surface area contributed by atoms with Crippen LogP contribution in [0.1, 0.15) is 47.7 Å². The number of benzene rings is 1. The highest BCUT2D eigenvalue weighted by molar-refractivity contribution is 5.94. The number of carbonyl (C=O) groups excluding carboxylic acids is 2. The second-order valence-corrected chi connectivity index (χ2v) is 6.01. The fourth-order valence-electron chi connectivity index (χ4n) is 3.38. The van der Waals surface area contributed by atoms with Crippen molar-refractivity contribution in [3.8, 4) is 0 Å². The number of hydrogen-bond acceptors (Lipinski definition) is 2. The van der Waals surface area contributed by atoms with Crippen LogP contribution in [0.4, 0.5) is 0 Å². The van der Waals surface area contributed by atoms with Gasteiger partial charge < -0.3 is 4.90 Å². The van der Waals surface area contributed by atoms with Gasteiger partial charge in [-0.05, 0) is 62.3 Å². The monoisotopic (exact) mass is 271 g/mol. The van der Waals surface area contributed by atoms with Gasteiger partial charge in [-0.2, -0.15) is 0 Å². The molecule has 1 fully saturated rings. The molecule has 1 aromatic carbocycles. The maximum Gasteiger partial charge on any atom is 0.253 e. The number of carbonyl (C=O) groups is 2. The number of ketones is 1. The molecule has 1 aliphatic heterocycles. The average molecular weight is 271 g/mol. The number of Topliss-reactive ketones (excluding diaryl/α,β-unsaturated/α-hetero) is 1. The van der Waals surface area contributed by atoms with E-state index in [1.165, 1.54) is 17.5 Å². The Bertz CT molecular complexity index is 542. The number of aryl methyl sites for hydroxylation is 2. The van der Waals surface area contributed by atoms with Crippen molar-refractivity contribution < 1.29 is 9.59 Å². The highest BCUT2D eigenvalue weighted by atomic mass is 16.2. The van der Waals surface area contributed by atoms with E-state index in [0.717, 1.165) is 31.2 Å². The van der Waals surface area contributed by atoms with E-state index in [1.807, 2.05) is 11.0 Å². The molecule has 1 amide bonds. The van der Waals surface area contributed by atoms with Crippen LogP contribution in [0, 0.1) is 5.92 Å². The summed E-state index contributed by atoms with van der Waals surface area (Å²) in [7, 11) is 0. The molecule has 0 bridgehead atoms.